The van der Waals surface area contributed by atoms with Crippen LogP contribution in [0.3, 0.4) is 0 Å². The second kappa shape index (κ2) is 12.9. The van der Waals surface area contributed by atoms with Crippen molar-refractivity contribution in [1.82, 2.24) is 14.2 Å². The van der Waals surface area contributed by atoms with E-state index in [0.717, 1.165) is 37.7 Å². The lowest BCUT2D eigenvalue weighted by Gasteiger charge is -2.23. The zero-order valence-corrected chi connectivity index (χ0v) is 25.6. The molecule has 1 unspecified atom stereocenters. The van der Waals surface area contributed by atoms with Crippen LogP contribution in [-0.2, 0) is 22.7 Å². The number of hydrogen-bond donors (Lipinski definition) is 1. The maximum Gasteiger partial charge on any atom is 0.257 e. The van der Waals surface area contributed by atoms with E-state index in [1.54, 1.807) is 41.1 Å². The number of anilines is 1. The van der Waals surface area contributed by atoms with Crippen LogP contribution < -0.4 is 10.1 Å². The Kier molecular flexibility index (Phi) is 8.38. The van der Waals surface area contributed by atoms with Gasteiger partial charge in [0.1, 0.15) is 12.4 Å². The number of pyridine rings is 1. The quantitative estimate of drug-likeness (QED) is 0.155. The number of nitrogens with zero attached hydrogens (tertiary/aromatic N) is 3. The number of ether oxygens (including phenoxy) is 3. The molecule has 3 aromatic heterocycles. The molecule has 1 amide bonds. The van der Waals surface area contributed by atoms with Gasteiger partial charge in [0.2, 0.25) is 0 Å². The molecule has 5 aromatic rings. The van der Waals surface area contributed by atoms with Crippen molar-refractivity contribution in [2.24, 2.45) is 0 Å². The number of hydrogen-bond acceptors (Lipinski definition) is 6. The third-order valence-electron chi connectivity index (χ3n) is 8.38. The van der Waals surface area contributed by atoms with Crippen molar-refractivity contribution < 1.29 is 28.2 Å². The second-order valence-electron chi connectivity index (χ2n) is 11.9. The number of ketones is 1. The summed E-state index contributed by atoms with van der Waals surface area (Å²) in [5, 5.41) is 7.23. The number of carbonyl (C=O) groups is 2. The van der Waals surface area contributed by atoms with Crippen LogP contribution in [0.2, 0.25) is 0 Å². The van der Waals surface area contributed by atoms with Crippen LogP contribution in [-0.4, -0.2) is 38.8 Å². The Morgan fingerprint density at radius 2 is 1.87 bits per heavy atom. The van der Waals surface area contributed by atoms with Gasteiger partial charge >= 0.3 is 0 Å². The molecule has 9 nitrogen and oxygen atoms in total. The molecule has 2 fully saturated rings. The largest absolute Gasteiger partial charge is 0.489 e. The number of rotatable bonds is 11. The first-order valence-corrected chi connectivity index (χ1v) is 15.7. The monoisotopic (exact) mass is 622 g/mol. The minimum absolute atomic E-state index is 0.00467. The summed E-state index contributed by atoms with van der Waals surface area (Å²) < 4.78 is 37.5. The van der Waals surface area contributed by atoms with Crippen LogP contribution in [0.15, 0.2) is 79.3 Å². The molecule has 0 radical (unpaired) electrons. The average molecular weight is 623 g/mol. The Morgan fingerprint density at radius 3 is 2.63 bits per heavy atom. The highest BCUT2D eigenvalue weighted by Crippen LogP contribution is 2.37. The Hall–Kier alpha value is -4.80. The van der Waals surface area contributed by atoms with E-state index in [1.165, 1.54) is 13.0 Å². The highest BCUT2D eigenvalue weighted by molar-refractivity contribution is 6.11. The minimum atomic E-state index is -0.580. The van der Waals surface area contributed by atoms with Gasteiger partial charge in [-0.1, -0.05) is 30.3 Å². The molecule has 2 aliphatic rings. The topological polar surface area (TPSA) is 96.1 Å². The lowest BCUT2D eigenvalue weighted by Crippen LogP contribution is -2.22. The van der Waals surface area contributed by atoms with Crippen LogP contribution in [0.25, 0.3) is 16.6 Å². The van der Waals surface area contributed by atoms with E-state index < -0.39 is 11.7 Å². The van der Waals surface area contributed by atoms with Gasteiger partial charge in [0.25, 0.3) is 5.91 Å². The molecule has 7 rings (SSSR count). The summed E-state index contributed by atoms with van der Waals surface area (Å²) in [7, 11) is 0. The fourth-order valence-electron chi connectivity index (χ4n) is 5.77. The standard InChI is InChI=1S/C36H35FN4O5/c1-23(42)32-18-30(33-17-28(12-13-40(32)33)45-21-24-7-3-2-4-8-24)36(43)39-31-16-25(22-46-34-9-5-6-14-44-34)15-29(35(31)37)26-19-38-41(20-26)27-10-11-27/h2-4,7-8,12-13,15-20,27,34H,5-6,9-11,14,21-22H2,1H3,(H,39,43). The number of nitrogens with one attached hydrogen (secondary N) is 1. The fourth-order valence-corrected chi connectivity index (χ4v) is 5.77. The summed E-state index contributed by atoms with van der Waals surface area (Å²) in [6.07, 6.45) is 9.78. The number of aromatic nitrogens is 3. The van der Waals surface area contributed by atoms with Crippen molar-refractivity contribution in [3.63, 3.8) is 0 Å². The summed E-state index contributed by atoms with van der Waals surface area (Å²) in [5.41, 5.74) is 3.63. The number of amides is 1. The molecule has 4 heterocycles. The molecular formula is C36H35FN4O5. The summed E-state index contributed by atoms with van der Waals surface area (Å²) in [5.74, 6) is -0.818. The molecule has 1 atom stereocenters. The molecule has 10 heteroatoms. The maximum atomic E-state index is 16.2. The van der Waals surface area contributed by atoms with Gasteiger partial charge in [-0.05, 0) is 67.5 Å². The van der Waals surface area contributed by atoms with E-state index in [4.69, 9.17) is 14.2 Å². The van der Waals surface area contributed by atoms with Crippen molar-refractivity contribution in [2.45, 2.75) is 64.6 Å². The lowest BCUT2D eigenvalue weighted by molar-refractivity contribution is -0.168. The molecular weight excluding hydrogens is 587 g/mol. The SMILES string of the molecule is CC(=O)c1cc(C(=O)Nc2cc(COC3CCCCO3)cc(-c3cnn(C4CC4)c3)c2F)c2cc(OCc3ccccc3)ccn12. The van der Waals surface area contributed by atoms with E-state index in [0.29, 0.717) is 52.9 Å². The molecule has 1 saturated carbocycles. The molecule has 0 spiro atoms. The molecule has 236 valence electrons. The van der Waals surface area contributed by atoms with Gasteiger partial charge in [0, 0.05) is 43.1 Å². The van der Waals surface area contributed by atoms with E-state index in [9.17, 15) is 9.59 Å². The van der Waals surface area contributed by atoms with E-state index in [1.807, 2.05) is 41.2 Å². The minimum Gasteiger partial charge on any atom is -0.489 e. The van der Waals surface area contributed by atoms with Crippen LogP contribution in [0, 0.1) is 5.82 Å². The Balaban J connectivity index is 1.20. The maximum absolute atomic E-state index is 16.2. The van der Waals surface area contributed by atoms with Crippen molar-refractivity contribution in [2.75, 3.05) is 11.9 Å². The summed E-state index contributed by atoms with van der Waals surface area (Å²) >= 11 is 0. The summed E-state index contributed by atoms with van der Waals surface area (Å²) in [6, 6.07) is 18.4. The normalized spacial score (nSPS) is 16.4. The van der Waals surface area contributed by atoms with Crippen molar-refractivity contribution in [1.29, 1.82) is 0 Å². The van der Waals surface area contributed by atoms with Crippen molar-refractivity contribution in [3.05, 3.63) is 107 Å². The van der Waals surface area contributed by atoms with Gasteiger partial charge in [-0.3, -0.25) is 14.3 Å². The first-order valence-electron chi connectivity index (χ1n) is 15.7. The number of carbonyl (C=O) groups excluding carboxylic acids is 2. The third kappa shape index (κ3) is 6.45. The van der Waals surface area contributed by atoms with Crippen LogP contribution >= 0.6 is 0 Å². The van der Waals surface area contributed by atoms with Crippen LogP contribution in [0.1, 0.15) is 77.0 Å². The number of halogens is 1. The Morgan fingerprint density at radius 1 is 1.02 bits per heavy atom. The van der Waals surface area contributed by atoms with Crippen LogP contribution in [0.4, 0.5) is 10.1 Å². The van der Waals surface area contributed by atoms with Gasteiger partial charge in [0.15, 0.2) is 17.9 Å². The number of benzene rings is 2. The smallest absolute Gasteiger partial charge is 0.257 e. The highest BCUT2D eigenvalue weighted by Gasteiger charge is 2.26. The molecule has 0 bridgehead atoms. The fraction of sp³-hybridized carbons (Fsp3) is 0.306. The van der Waals surface area contributed by atoms with Crippen molar-refractivity contribution >= 4 is 22.9 Å². The van der Waals surface area contributed by atoms with E-state index in [-0.39, 0.29) is 29.9 Å². The second-order valence-corrected chi connectivity index (χ2v) is 11.9. The van der Waals surface area contributed by atoms with Gasteiger partial charge in [0.05, 0.1) is 41.3 Å². The Labute approximate surface area is 265 Å². The lowest BCUT2D eigenvalue weighted by atomic mass is 10.0. The molecule has 1 N–H and O–H groups in total. The third-order valence-corrected chi connectivity index (χ3v) is 8.38. The first-order chi connectivity index (χ1) is 22.4. The molecule has 2 aromatic carbocycles. The molecule has 1 saturated heterocycles. The zero-order valence-electron chi connectivity index (χ0n) is 25.6. The predicted molar refractivity (Wildman–Crippen MR) is 170 cm³/mol. The highest BCUT2D eigenvalue weighted by atomic mass is 19.1. The summed E-state index contributed by atoms with van der Waals surface area (Å²) in [4.78, 5) is 26.4. The van der Waals surface area contributed by atoms with Gasteiger partial charge in [-0.15, -0.1) is 0 Å². The van der Waals surface area contributed by atoms with Gasteiger partial charge < -0.3 is 23.9 Å². The molecule has 46 heavy (non-hydrogen) atoms. The van der Waals surface area contributed by atoms with E-state index >= 15 is 4.39 Å². The van der Waals surface area contributed by atoms with E-state index in [2.05, 4.69) is 10.4 Å². The molecule has 1 aliphatic carbocycles. The Bertz CT molecular complexity index is 1890. The first kappa shape index (κ1) is 29.9. The van der Waals surface area contributed by atoms with Crippen LogP contribution in [0.5, 0.6) is 5.75 Å². The van der Waals surface area contributed by atoms with Gasteiger partial charge in [-0.25, -0.2) is 4.39 Å². The predicted octanol–water partition coefficient (Wildman–Crippen LogP) is 7.35. The number of fused-ring (bicyclic) bond motifs is 1. The average Bonchev–Trinajstić information content (AvgIpc) is 3.68. The van der Waals surface area contributed by atoms with Crippen molar-refractivity contribution in [3.8, 4) is 16.9 Å². The zero-order chi connectivity index (χ0) is 31.6. The summed E-state index contributed by atoms with van der Waals surface area (Å²) in [6.45, 7) is 2.61. The number of Topliss-reactive ketones (excluding diaryl/α,β-unsaturated/α-hetero) is 1. The van der Waals surface area contributed by atoms with Gasteiger partial charge in [-0.2, -0.15) is 5.10 Å². The molecule has 1 aliphatic heterocycles.